The van der Waals surface area contributed by atoms with E-state index in [0.29, 0.717) is 19.2 Å². The zero-order chi connectivity index (χ0) is 13.2. The number of hydrogen-bond donors (Lipinski definition) is 2. The molecule has 0 aliphatic heterocycles. The molecule has 18 heavy (non-hydrogen) atoms. The Hall–Kier alpha value is -1.55. The third kappa shape index (κ3) is 6.25. The first-order valence-corrected chi connectivity index (χ1v) is 6.44. The van der Waals surface area contributed by atoms with E-state index < -0.39 is 6.09 Å². The molecule has 100 valence electrons. The van der Waals surface area contributed by atoms with Crippen LogP contribution >= 0.6 is 0 Å². The molecule has 0 unspecified atom stereocenters. The minimum absolute atomic E-state index is 0.382. The number of benzene rings is 1. The van der Waals surface area contributed by atoms with Crippen LogP contribution in [0.4, 0.5) is 10.5 Å². The van der Waals surface area contributed by atoms with Crippen LogP contribution in [0.1, 0.15) is 26.7 Å². The summed E-state index contributed by atoms with van der Waals surface area (Å²) in [5, 5.41) is 5.96. The Bertz CT molecular complexity index is 341. The molecule has 0 saturated carbocycles. The summed E-state index contributed by atoms with van der Waals surface area (Å²) in [6, 6.07) is 9.74. The van der Waals surface area contributed by atoms with Crippen LogP contribution < -0.4 is 10.6 Å². The van der Waals surface area contributed by atoms with Gasteiger partial charge in [-0.25, -0.2) is 4.79 Å². The van der Waals surface area contributed by atoms with Crippen molar-refractivity contribution in [3.8, 4) is 0 Å². The smallest absolute Gasteiger partial charge is 0.411 e. The number of carbonyl (C=O) groups excluding carboxylic acids is 1. The quantitative estimate of drug-likeness (QED) is 0.731. The first-order valence-electron chi connectivity index (χ1n) is 6.44. The Kier molecular flexibility index (Phi) is 6.87. The molecule has 0 fully saturated rings. The van der Waals surface area contributed by atoms with Crippen molar-refractivity contribution in [1.82, 2.24) is 5.32 Å². The first kappa shape index (κ1) is 14.5. The highest BCUT2D eigenvalue weighted by molar-refractivity contribution is 5.84. The van der Waals surface area contributed by atoms with Gasteiger partial charge >= 0.3 is 6.09 Å². The summed E-state index contributed by atoms with van der Waals surface area (Å²) in [6.07, 6.45) is 1.88. The lowest BCUT2D eigenvalue weighted by Crippen LogP contribution is -2.30. The van der Waals surface area contributed by atoms with E-state index in [0.717, 1.165) is 18.5 Å². The molecule has 0 bridgehead atoms. The van der Waals surface area contributed by atoms with Crippen molar-refractivity contribution >= 4 is 11.8 Å². The van der Waals surface area contributed by atoms with Gasteiger partial charge in [0.1, 0.15) is 6.61 Å². The minimum atomic E-state index is -0.411. The standard InChI is InChI=1S/C14H22N2O2/c1-3-7-12(2)15-10-11-18-14(17)16-13-8-5-4-6-9-13/h4-6,8-9,12,15H,3,7,10-11H2,1-2H3,(H,16,17)/t12-/m1/s1. The number of para-hydroxylation sites is 1. The lowest BCUT2D eigenvalue weighted by Gasteiger charge is -2.12. The number of amides is 1. The molecule has 0 spiro atoms. The minimum Gasteiger partial charge on any atom is -0.448 e. The van der Waals surface area contributed by atoms with Gasteiger partial charge in [-0.3, -0.25) is 5.32 Å². The van der Waals surface area contributed by atoms with E-state index in [2.05, 4.69) is 24.5 Å². The fourth-order valence-electron chi connectivity index (χ4n) is 1.66. The monoisotopic (exact) mass is 250 g/mol. The van der Waals surface area contributed by atoms with Crippen LogP contribution in [0.15, 0.2) is 30.3 Å². The van der Waals surface area contributed by atoms with Gasteiger partial charge in [0, 0.05) is 18.3 Å². The van der Waals surface area contributed by atoms with Gasteiger partial charge in [-0.2, -0.15) is 0 Å². The predicted molar refractivity (Wildman–Crippen MR) is 73.8 cm³/mol. The molecule has 0 heterocycles. The normalized spacial score (nSPS) is 11.9. The second-order valence-electron chi connectivity index (χ2n) is 4.27. The van der Waals surface area contributed by atoms with Crippen molar-refractivity contribution in [1.29, 1.82) is 0 Å². The van der Waals surface area contributed by atoms with Crippen molar-refractivity contribution in [2.24, 2.45) is 0 Å². The molecule has 1 amide bonds. The summed E-state index contributed by atoms with van der Waals surface area (Å²) in [7, 11) is 0. The molecule has 0 saturated heterocycles. The largest absolute Gasteiger partial charge is 0.448 e. The summed E-state index contributed by atoms with van der Waals surface area (Å²) in [5.41, 5.74) is 0.745. The van der Waals surface area contributed by atoms with Crippen LogP contribution in [0.25, 0.3) is 0 Å². The van der Waals surface area contributed by atoms with E-state index in [4.69, 9.17) is 4.74 Å². The number of hydrogen-bond acceptors (Lipinski definition) is 3. The fourth-order valence-corrected chi connectivity index (χ4v) is 1.66. The van der Waals surface area contributed by atoms with Crippen LogP contribution in [-0.2, 0) is 4.74 Å². The highest BCUT2D eigenvalue weighted by Gasteiger charge is 2.03. The van der Waals surface area contributed by atoms with E-state index in [1.165, 1.54) is 0 Å². The number of rotatable bonds is 7. The van der Waals surface area contributed by atoms with Gasteiger partial charge in [-0.05, 0) is 25.5 Å². The molecule has 0 aliphatic carbocycles. The molecule has 0 aliphatic rings. The Morgan fingerprint density at radius 1 is 1.33 bits per heavy atom. The van der Waals surface area contributed by atoms with E-state index in [-0.39, 0.29) is 0 Å². The van der Waals surface area contributed by atoms with Crippen LogP contribution in [0.2, 0.25) is 0 Å². The highest BCUT2D eigenvalue weighted by atomic mass is 16.5. The van der Waals surface area contributed by atoms with Gasteiger partial charge in [0.2, 0.25) is 0 Å². The van der Waals surface area contributed by atoms with Gasteiger partial charge in [-0.1, -0.05) is 31.5 Å². The third-order valence-corrected chi connectivity index (χ3v) is 2.57. The average Bonchev–Trinajstić information content (AvgIpc) is 2.36. The SMILES string of the molecule is CCC[C@@H](C)NCCOC(=O)Nc1ccccc1. The van der Waals surface area contributed by atoms with Crippen LogP contribution in [0.5, 0.6) is 0 Å². The lowest BCUT2D eigenvalue weighted by molar-refractivity contribution is 0.161. The van der Waals surface area contributed by atoms with Crippen molar-refractivity contribution < 1.29 is 9.53 Å². The van der Waals surface area contributed by atoms with Gasteiger partial charge in [0.05, 0.1) is 0 Å². The zero-order valence-electron chi connectivity index (χ0n) is 11.1. The second kappa shape index (κ2) is 8.53. The number of nitrogens with one attached hydrogen (secondary N) is 2. The molecule has 4 nitrogen and oxygen atoms in total. The van der Waals surface area contributed by atoms with Crippen molar-refractivity contribution in [2.45, 2.75) is 32.7 Å². The molecule has 1 rings (SSSR count). The van der Waals surface area contributed by atoms with Crippen molar-refractivity contribution in [3.63, 3.8) is 0 Å². The number of carbonyl (C=O) groups is 1. The van der Waals surface area contributed by atoms with E-state index in [9.17, 15) is 4.79 Å². The topological polar surface area (TPSA) is 50.4 Å². The third-order valence-electron chi connectivity index (χ3n) is 2.57. The maximum atomic E-state index is 11.4. The Balaban J connectivity index is 2.11. The Labute approximate surface area is 109 Å². The molecule has 0 aromatic heterocycles. The fraction of sp³-hybridized carbons (Fsp3) is 0.500. The van der Waals surface area contributed by atoms with Gasteiger partial charge < -0.3 is 10.1 Å². The summed E-state index contributed by atoms with van der Waals surface area (Å²) >= 11 is 0. The zero-order valence-corrected chi connectivity index (χ0v) is 11.1. The summed E-state index contributed by atoms with van der Waals surface area (Å²) in [5.74, 6) is 0. The summed E-state index contributed by atoms with van der Waals surface area (Å²) in [4.78, 5) is 11.4. The van der Waals surface area contributed by atoms with Crippen molar-refractivity contribution in [2.75, 3.05) is 18.5 Å². The first-order chi connectivity index (χ1) is 8.72. The van der Waals surface area contributed by atoms with Crippen LogP contribution in [-0.4, -0.2) is 25.3 Å². The van der Waals surface area contributed by atoms with Gasteiger partial charge in [0.25, 0.3) is 0 Å². The molecule has 4 heteroatoms. The van der Waals surface area contributed by atoms with Crippen LogP contribution in [0, 0.1) is 0 Å². The molecule has 1 aromatic carbocycles. The number of ether oxygens (including phenoxy) is 1. The van der Waals surface area contributed by atoms with E-state index >= 15 is 0 Å². The maximum absolute atomic E-state index is 11.4. The molecule has 1 aromatic rings. The van der Waals surface area contributed by atoms with Gasteiger partial charge in [0.15, 0.2) is 0 Å². The second-order valence-corrected chi connectivity index (χ2v) is 4.27. The maximum Gasteiger partial charge on any atom is 0.411 e. The van der Waals surface area contributed by atoms with E-state index in [1.54, 1.807) is 0 Å². The summed E-state index contributed by atoms with van der Waals surface area (Å²) < 4.78 is 5.06. The molecular formula is C14H22N2O2. The lowest BCUT2D eigenvalue weighted by atomic mass is 10.2. The van der Waals surface area contributed by atoms with Crippen LogP contribution in [0.3, 0.4) is 0 Å². The summed E-state index contributed by atoms with van der Waals surface area (Å²) in [6.45, 7) is 5.35. The Morgan fingerprint density at radius 2 is 2.06 bits per heavy atom. The number of anilines is 1. The van der Waals surface area contributed by atoms with Crippen molar-refractivity contribution in [3.05, 3.63) is 30.3 Å². The average molecular weight is 250 g/mol. The van der Waals surface area contributed by atoms with E-state index in [1.807, 2.05) is 30.3 Å². The highest BCUT2D eigenvalue weighted by Crippen LogP contribution is 2.04. The molecule has 0 radical (unpaired) electrons. The van der Waals surface area contributed by atoms with Gasteiger partial charge in [-0.15, -0.1) is 0 Å². The molecular weight excluding hydrogens is 228 g/mol. The Morgan fingerprint density at radius 3 is 2.72 bits per heavy atom. The predicted octanol–water partition coefficient (Wildman–Crippen LogP) is 3.01. The molecule has 2 N–H and O–H groups in total. The molecule has 1 atom stereocenters.